The van der Waals surface area contributed by atoms with Crippen LogP contribution in [0.2, 0.25) is 0 Å². The summed E-state index contributed by atoms with van der Waals surface area (Å²) < 4.78 is 0. The van der Waals surface area contributed by atoms with Gasteiger partial charge in [0, 0.05) is 75.7 Å². The molecule has 12 heteroatoms. The number of nitro benzene ring substituents is 2. The van der Waals surface area contributed by atoms with Gasteiger partial charge in [-0.3, -0.25) is 29.8 Å². The molecule has 0 radical (unpaired) electrons. The standard InChI is InChI=1S/C28H34N6O6/c35-27(13-7-23-3-9-25(10-4-23)33(37)38)29-15-1-17-31-19-21-32(22-20-31)18-2-16-30-28(36)14-8-24-5-11-26(12-6-24)34(39)40/h3-14H,1-2,15-22H2,(H,29,35)(H,30,36). The minimum atomic E-state index is -0.461. The molecule has 1 heterocycles. The molecule has 1 fully saturated rings. The summed E-state index contributed by atoms with van der Waals surface area (Å²) in [5.41, 5.74) is 1.47. The average molecular weight is 551 g/mol. The van der Waals surface area contributed by atoms with Gasteiger partial charge in [-0.1, -0.05) is 0 Å². The minimum Gasteiger partial charge on any atom is -0.353 e. The van der Waals surface area contributed by atoms with Crippen LogP contribution in [0, 0.1) is 20.2 Å². The number of nitro groups is 2. The third-order valence-corrected chi connectivity index (χ3v) is 6.43. The van der Waals surface area contributed by atoms with Gasteiger partial charge >= 0.3 is 0 Å². The van der Waals surface area contributed by atoms with E-state index in [0.29, 0.717) is 13.1 Å². The smallest absolute Gasteiger partial charge is 0.269 e. The van der Waals surface area contributed by atoms with E-state index in [2.05, 4.69) is 20.4 Å². The van der Waals surface area contributed by atoms with Gasteiger partial charge in [0.05, 0.1) is 9.85 Å². The lowest BCUT2D eigenvalue weighted by atomic mass is 10.2. The summed E-state index contributed by atoms with van der Waals surface area (Å²) in [7, 11) is 0. The van der Waals surface area contributed by atoms with Crippen LogP contribution in [0.15, 0.2) is 60.7 Å². The molecule has 0 aliphatic carbocycles. The fourth-order valence-electron chi connectivity index (χ4n) is 4.14. The summed E-state index contributed by atoms with van der Waals surface area (Å²) in [4.78, 5) is 49.2. The second-order valence-electron chi connectivity index (χ2n) is 9.34. The first-order valence-corrected chi connectivity index (χ1v) is 13.2. The number of rotatable bonds is 14. The van der Waals surface area contributed by atoms with Crippen molar-refractivity contribution >= 4 is 35.3 Å². The Hall–Kier alpha value is -4.42. The third kappa shape index (κ3) is 10.8. The second-order valence-corrected chi connectivity index (χ2v) is 9.34. The number of carbonyl (C=O) groups excluding carboxylic acids is 2. The first-order chi connectivity index (χ1) is 19.3. The molecular weight excluding hydrogens is 516 g/mol. The highest BCUT2D eigenvalue weighted by Crippen LogP contribution is 2.13. The lowest BCUT2D eigenvalue weighted by Gasteiger charge is -2.34. The molecule has 0 spiro atoms. The van der Waals surface area contributed by atoms with E-state index in [-0.39, 0.29) is 23.2 Å². The number of nitrogens with zero attached hydrogens (tertiary/aromatic N) is 4. The quantitative estimate of drug-likeness (QED) is 0.158. The molecule has 1 aliphatic heterocycles. The average Bonchev–Trinajstić information content (AvgIpc) is 2.96. The lowest BCUT2D eigenvalue weighted by molar-refractivity contribution is -0.385. The number of piperazine rings is 1. The molecule has 2 amide bonds. The molecule has 0 saturated carbocycles. The lowest BCUT2D eigenvalue weighted by Crippen LogP contribution is -2.47. The fraction of sp³-hybridized carbons (Fsp3) is 0.357. The van der Waals surface area contributed by atoms with Crippen molar-refractivity contribution in [1.29, 1.82) is 0 Å². The molecule has 1 aliphatic rings. The van der Waals surface area contributed by atoms with Crippen molar-refractivity contribution in [1.82, 2.24) is 20.4 Å². The van der Waals surface area contributed by atoms with Crippen LogP contribution in [-0.2, 0) is 9.59 Å². The zero-order valence-electron chi connectivity index (χ0n) is 22.2. The monoisotopic (exact) mass is 550 g/mol. The third-order valence-electron chi connectivity index (χ3n) is 6.43. The van der Waals surface area contributed by atoms with E-state index < -0.39 is 9.85 Å². The number of amides is 2. The van der Waals surface area contributed by atoms with Gasteiger partial charge in [-0.05, 0) is 73.5 Å². The normalized spacial score (nSPS) is 14.4. The number of hydrogen-bond acceptors (Lipinski definition) is 8. The van der Waals surface area contributed by atoms with Crippen molar-refractivity contribution in [2.45, 2.75) is 12.8 Å². The molecule has 0 bridgehead atoms. The van der Waals surface area contributed by atoms with E-state index in [9.17, 15) is 29.8 Å². The Morgan fingerprint density at radius 2 is 1.02 bits per heavy atom. The van der Waals surface area contributed by atoms with Gasteiger partial charge < -0.3 is 20.4 Å². The summed E-state index contributed by atoms with van der Waals surface area (Å²) in [5.74, 6) is -0.394. The Balaban J connectivity index is 1.21. The molecule has 212 valence electrons. The van der Waals surface area contributed by atoms with Gasteiger partial charge in [-0.25, -0.2) is 0 Å². The number of hydrogen-bond donors (Lipinski definition) is 2. The summed E-state index contributed by atoms with van der Waals surface area (Å²) in [6.45, 7) is 6.77. The van der Waals surface area contributed by atoms with Gasteiger partial charge in [0.25, 0.3) is 11.4 Å². The maximum absolute atomic E-state index is 12.0. The maximum Gasteiger partial charge on any atom is 0.269 e. The Labute approximate surface area is 232 Å². The zero-order chi connectivity index (χ0) is 28.7. The van der Waals surface area contributed by atoms with Crippen molar-refractivity contribution in [3.05, 3.63) is 92.0 Å². The highest BCUT2D eigenvalue weighted by molar-refractivity contribution is 5.92. The maximum atomic E-state index is 12.0. The first-order valence-electron chi connectivity index (χ1n) is 13.2. The van der Waals surface area contributed by atoms with E-state index in [1.165, 1.54) is 36.4 Å². The molecule has 3 rings (SSSR count). The van der Waals surface area contributed by atoms with Gasteiger partial charge in [-0.15, -0.1) is 0 Å². The van der Waals surface area contributed by atoms with E-state index in [4.69, 9.17) is 0 Å². The van der Waals surface area contributed by atoms with Crippen molar-refractivity contribution in [2.24, 2.45) is 0 Å². The van der Waals surface area contributed by atoms with Gasteiger partial charge in [-0.2, -0.15) is 0 Å². The second kappa shape index (κ2) is 15.9. The Kier molecular flexibility index (Phi) is 11.9. The number of carbonyl (C=O) groups is 2. The van der Waals surface area contributed by atoms with Crippen LogP contribution in [0.1, 0.15) is 24.0 Å². The Morgan fingerprint density at radius 1 is 0.675 bits per heavy atom. The van der Waals surface area contributed by atoms with Crippen molar-refractivity contribution in [3.63, 3.8) is 0 Å². The van der Waals surface area contributed by atoms with Crippen LogP contribution in [-0.4, -0.2) is 83.8 Å². The van der Waals surface area contributed by atoms with Gasteiger partial charge in [0.1, 0.15) is 0 Å². The van der Waals surface area contributed by atoms with E-state index in [0.717, 1.165) is 63.2 Å². The van der Waals surface area contributed by atoms with Crippen LogP contribution < -0.4 is 10.6 Å². The van der Waals surface area contributed by atoms with E-state index >= 15 is 0 Å². The van der Waals surface area contributed by atoms with Crippen molar-refractivity contribution in [3.8, 4) is 0 Å². The van der Waals surface area contributed by atoms with Gasteiger partial charge in [0.2, 0.25) is 11.8 Å². The van der Waals surface area contributed by atoms with Crippen LogP contribution in [0.5, 0.6) is 0 Å². The van der Waals surface area contributed by atoms with Crippen molar-refractivity contribution in [2.75, 3.05) is 52.4 Å². The summed E-state index contributed by atoms with van der Waals surface area (Å²) in [6, 6.07) is 12.0. The molecule has 2 aromatic carbocycles. The molecule has 2 N–H and O–H groups in total. The largest absolute Gasteiger partial charge is 0.353 e. The fourth-order valence-corrected chi connectivity index (χ4v) is 4.14. The topological polar surface area (TPSA) is 151 Å². The molecule has 40 heavy (non-hydrogen) atoms. The summed E-state index contributed by atoms with van der Waals surface area (Å²) >= 11 is 0. The zero-order valence-corrected chi connectivity index (χ0v) is 22.2. The van der Waals surface area contributed by atoms with Crippen LogP contribution >= 0.6 is 0 Å². The van der Waals surface area contributed by atoms with Gasteiger partial charge in [0.15, 0.2) is 0 Å². The molecule has 0 aromatic heterocycles. The minimum absolute atomic E-state index is 0.0130. The number of benzene rings is 2. The van der Waals surface area contributed by atoms with Crippen LogP contribution in [0.3, 0.4) is 0 Å². The predicted octanol–water partition coefficient (Wildman–Crippen LogP) is 2.86. The SMILES string of the molecule is O=C(C=Cc1ccc([N+](=O)[O-])cc1)NCCCN1CCN(CCCNC(=O)C=Cc2ccc([N+](=O)[O-])cc2)CC1. The first kappa shape index (κ1) is 30.1. The molecule has 12 nitrogen and oxygen atoms in total. The Morgan fingerprint density at radius 3 is 1.35 bits per heavy atom. The molecule has 0 unspecified atom stereocenters. The number of non-ortho nitro benzene ring substituents is 2. The van der Waals surface area contributed by atoms with Crippen LogP contribution in [0.4, 0.5) is 11.4 Å². The number of nitrogens with one attached hydrogen (secondary N) is 2. The summed E-state index contributed by atoms with van der Waals surface area (Å²) in [6.07, 6.45) is 7.80. The van der Waals surface area contributed by atoms with E-state index in [1.807, 2.05) is 0 Å². The molecular formula is C28H34N6O6. The highest BCUT2D eigenvalue weighted by Gasteiger charge is 2.16. The molecule has 2 aromatic rings. The van der Waals surface area contributed by atoms with Crippen LogP contribution in [0.25, 0.3) is 12.2 Å². The van der Waals surface area contributed by atoms with E-state index in [1.54, 1.807) is 36.4 Å². The Bertz CT molecular complexity index is 1110. The molecule has 1 saturated heterocycles. The predicted molar refractivity (Wildman–Crippen MR) is 152 cm³/mol. The van der Waals surface area contributed by atoms with Crippen molar-refractivity contribution < 1.29 is 19.4 Å². The summed E-state index contributed by atoms with van der Waals surface area (Å²) in [5, 5.41) is 27.1. The molecule has 0 atom stereocenters. The highest BCUT2D eigenvalue weighted by atomic mass is 16.6.